The van der Waals surface area contributed by atoms with Gasteiger partial charge in [0.25, 0.3) is 0 Å². The number of hydrogen-bond acceptors (Lipinski definition) is 3. The molecule has 1 aliphatic rings. The van der Waals surface area contributed by atoms with Crippen LogP contribution < -0.4 is 10.2 Å². The molecule has 0 radical (unpaired) electrons. The van der Waals surface area contributed by atoms with Gasteiger partial charge in [-0.15, -0.1) is 0 Å². The first kappa shape index (κ1) is 16.2. The van der Waals surface area contributed by atoms with Crippen LogP contribution in [0.1, 0.15) is 12.0 Å². The fourth-order valence-corrected chi connectivity index (χ4v) is 2.68. The van der Waals surface area contributed by atoms with Crippen LogP contribution in [0.4, 0.5) is 5.69 Å². The molecule has 3 rings (SSSR count). The number of nitrogens with zero attached hydrogens (tertiary/aromatic N) is 2. The molecule has 1 saturated heterocycles. The molecule has 6 heteroatoms. The zero-order chi connectivity index (χ0) is 16.9. The number of benzene rings is 1. The average Bonchev–Trinajstić information content (AvgIpc) is 2.95. The highest BCUT2D eigenvalue weighted by atomic mass is 35.5. The number of hydrogen-bond donors (Lipinski definition) is 1. The fourth-order valence-electron chi connectivity index (χ4n) is 2.56. The predicted molar refractivity (Wildman–Crippen MR) is 93.6 cm³/mol. The topological polar surface area (TPSA) is 62.3 Å². The molecule has 1 aliphatic heterocycles. The number of carbonyl (C=O) groups is 2. The van der Waals surface area contributed by atoms with Crippen LogP contribution in [0.25, 0.3) is 6.08 Å². The Hall–Kier alpha value is -2.66. The SMILES string of the molecule is O=C(/C=C\c1ccncc1)N[C@@H]1CCN(c2ccc(Cl)cc2)C1=O. The Morgan fingerprint density at radius 2 is 1.92 bits per heavy atom. The minimum atomic E-state index is -0.504. The first-order chi connectivity index (χ1) is 11.6. The zero-order valence-electron chi connectivity index (χ0n) is 12.9. The summed E-state index contributed by atoms with van der Waals surface area (Å²) in [5.41, 5.74) is 1.66. The van der Waals surface area contributed by atoms with Crippen LogP contribution in [0.3, 0.4) is 0 Å². The molecule has 2 aromatic rings. The van der Waals surface area contributed by atoms with Crippen LogP contribution in [0.2, 0.25) is 5.02 Å². The minimum absolute atomic E-state index is 0.108. The second-order valence-corrected chi connectivity index (χ2v) is 5.87. The molecule has 0 saturated carbocycles. The molecule has 5 nitrogen and oxygen atoms in total. The predicted octanol–water partition coefficient (Wildman–Crippen LogP) is 2.67. The van der Waals surface area contributed by atoms with Gasteiger partial charge in [-0.1, -0.05) is 11.6 Å². The van der Waals surface area contributed by atoms with Crippen LogP contribution in [0, 0.1) is 0 Å². The fraction of sp³-hybridized carbons (Fsp3) is 0.167. The van der Waals surface area contributed by atoms with Gasteiger partial charge >= 0.3 is 0 Å². The first-order valence-electron chi connectivity index (χ1n) is 7.59. The lowest BCUT2D eigenvalue weighted by Gasteiger charge is -2.17. The molecule has 0 unspecified atom stereocenters. The number of rotatable bonds is 4. The van der Waals surface area contributed by atoms with Gasteiger partial charge in [0.2, 0.25) is 11.8 Å². The molecule has 1 atom stereocenters. The lowest BCUT2D eigenvalue weighted by Crippen LogP contribution is -2.40. The van der Waals surface area contributed by atoms with E-state index in [1.54, 1.807) is 59.8 Å². The van der Waals surface area contributed by atoms with E-state index in [9.17, 15) is 9.59 Å². The molecule has 1 fully saturated rings. The van der Waals surface area contributed by atoms with Crippen molar-refractivity contribution in [3.05, 3.63) is 65.5 Å². The Bertz CT molecular complexity index is 760. The maximum atomic E-state index is 12.4. The van der Waals surface area contributed by atoms with E-state index in [-0.39, 0.29) is 11.8 Å². The van der Waals surface area contributed by atoms with E-state index >= 15 is 0 Å². The molecule has 0 spiro atoms. The van der Waals surface area contributed by atoms with Crippen LogP contribution in [-0.4, -0.2) is 29.4 Å². The van der Waals surface area contributed by atoms with Crippen molar-refractivity contribution in [2.45, 2.75) is 12.5 Å². The molecule has 1 aromatic carbocycles. The largest absolute Gasteiger partial charge is 0.341 e. The second-order valence-electron chi connectivity index (χ2n) is 5.43. The summed E-state index contributed by atoms with van der Waals surface area (Å²) in [5, 5.41) is 3.37. The highest BCUT2D eigenvalue weighted by Gasteiger charge is 2.33. The highest BCUT2D eigenvalue weighted by molar-refractivity contribution is 6.30. The van der Waals surface area contributed by atoms with Crippen LogP contribution in [0.5, 0.6) is 0 Å². The Balaban J connectivity index is 1.60. The molecule has 1 aromatic heterocycles. The molecule has 0 aliphatic carbocycles. The number of carbonyl (C=O) groups excluding carboxylic acids is 2. The first-order valence-corrected chi connectivity index (χ1v) is 7.97. The van der Waals surface area contributed by atoms with Gasteiger partial charge in [0.1, 0.15) is 6.04 Å². The maximum absolute atomic E-state index is 12.4. The third-order valence-corrected chi connectivity index (χ3v) is 4.05. The van der Waals surface area contributed by atoms with Gasteiger partial charge < -0.3 is 10.2 Å². The van der Waals surface area contributed by atoms with E-state index in [1.165, 1.54) is 6.08 Å². The monoisotopic (exact) mass is 341 g/mol. The third kappa shape index (κ3) is 3.81. The van der Waals surface area contributed by atoms with Gasteiger partial charge in [-0.3, -0.25) is 14.6 Å². The number of anilines is 1. The standard InChI is InChI=1S/C18H16ClN3O2/c19-14-2-4-15(5-3-14)22-12-9-16(18(22)24)21-17(23)6-1-13-7-10-20-11-8-13/h1-8,10-11,16H,9,12H2,(H,21,23)/b6-1-/t16-/m1/s1. The van der Waals surface area contributed by atoms with Crippen molar-refractivity contribution in [1.29, 1.82) is 0 Å². The Kier molecular flexibility index (Phi) is 4.91. The van der Waals surface area contributed by atoms with Gasteiger partial charge in [-0.25, -0.2) is 0 Å². The second kappa shape index (κ2) is 7.27. The van der Waals surface area contributed by atoms with E-state index in [1.807, 2.05) is 0 Å². The summed E-state index contributed by atoms with van der Waals surface area (Å²) in [4.78, 5) is 30.0. The Morgan fingerprint density at radius 1 is 1.21 bits per heavy atom. The quantitative estimate of drug-likeness (QED) is 0.870. The molecule has 1 N–H and O–H groups in total. The molecule has 2 amide bonds. The summed E-state index contributed by atoms with van der Waals surface area (Å²) in [6.07, 6.45) is 7.00. The molecule has 0 bridgehead atoms. The summed E-state index contributed by atoms with van der Waals surface area (Å²) in [6, 6.07) is 10.2. The van der Waals surface area contributed by atoms with Crippen molar-refractivity contribution in [3.63, 3.8) is 0 Å². The van der Waals surface area contributed by atoms with Crippen molar-refractivity contribution in [1.82, 2.24) is 10.3 Å². The molecule has 2 heterocycles. The highest BCUT2D eigenvalue weighted by Crippen LogP contribution is 2.23. The zero-order valence-corrected chi connectivity index (χ0v) is 13.6. The van der Waals surface area contributed by atoms with Gasteiger partial charge in [-0.2, -0.15) is 0 Å². The van der Waals surface area contributed by atoms with Crippen molar-refractivity contribution < 1.29 is 9.59 Å². The van der Waals surface area contributed by atoms with Crippen LogP contribution in [0.15, 0.2) is 54.9 Å². The summed E-state index contributed by atoms with van der Waals surface area (Å²) < 4.78 is 0. The smallest absolute Gasteiger partial charge is 0.249 e. The third-order valence-electron chi connectivity index (χ3n) is 3.79. The molecule has 24 heavy (non-hydrogen) atoms. The minimum Gasteiger partial charge on any atom is -0.341 e. The number of halogens is 1. The number of nitrogens with one attached hydrogen (secondary N) is 1. The summed E-state index contributed by atoms with van der Waals surface area (Å²) in [6.45, 7) is 0.569. The van der Waals surface area contributed by atoms with E-state index in [0.717, 1.165) is 11.3 Å². The lowest BCUT2D eigenvalue weighted by atomic mass is 10.2. The Morgan fingerprint density at radius 3 is 2.62 bits per heavy atom. The van der Waals surface area contributed by atoms with E-state index in [0.29, 0.717) is 18.0 Å². The van der Waals surface area contributed by atoms with E-state index in [4.69, 9.17) is 11.6 Å². The number of pyridine rings is 1. The van der Waals surface area contributed by atoms with Crippen molar-refractivity contribution >= 4 is 35.2 Å². The van der Waals surface area contributed by atoms with Crippen molar-refractivity contribution in [2.24, 2.45) is 0 Å². The normalized spacial score (nSPS) is 17.5. The maximum Gasteiger partial charge on any atom is 0.249 e. The van der Waals surface area contributed by atoms with Crippen LogP contribution >= 0.6 is 11.6 Å². The van der Waals surface area contributed by atoms with Gasteiger partial charge in [0.05, 0.1) is 0 Å². The summed E-state index contributed by atoms with van der Waals surface area (Å²) in [5.74, 6) is -0.397. The van der Waals surface area contributed by atoms with Gasteiger partial charge in [0, 0.05) is 35.7 Å². The van der Waals surface area contributed by atoms with Crippen molar-refractivity contribution in [2.75, 3.05) is 11.4 Å². The lowest BCUT2D eigenvalue weighted by molar-refractivity contribution is -0.123. The number of amides is 2. The molecule has 122 valence electrons. The van der Waals surface area contributed by atoms with Gasteiger partial charge in [0.15, 0.2) is 0 Å². The summed E-state index contributed by atoms with van der Waals surface area (Å²) >= 11 is 5.87. The summed E-state index contributed by atoms with van der Waals surface area (Å²) in [7, 11) is 0. The van der Waals surface area contributed by atoms with E-state index < -0.39 is 6.04 Å². The Labute approximate surface area is 145 Å². The van der Waals surface area contributed by atoms with Crippen molar-refractivity contribution in [3.8, 4) is 0 Å². The van der Waals surface area contributed by atoms with E-state index in [2.05, 4.69) is 10.3 Å². The van der Waals surface area contributed by atoms with Crippen LogP contribution in [-0.2, 0) is 9.59 Å². The number of aromatic nitrogens is 1. The molecular formula is C18H16ClN3O2. The van der Waals surface area contributed by atoms with Gasteiger partial charge in [-0.05, 0) is 54.5 Å². The average molecular weight is 342 g/mol. The molecular weight excluding hydrogens is 326 g/mol.